The van der Waals surface area contributed by atoms with E-state index in [0.717, 1.165) is 51.0 Å². The van der Waals surface area contributed by atoms with Gasteiger partial charge in [0.05, 0.1) is 0 Å². The Morgan fingerprint density at radius 2 is 1.96 bits per heavy atom. The van der Waals surface area contributed by atoms with E-state index in [1.165, 1.54) is 17.7 Å². The number of carbonyl (C=O) groups is 1. The third-order valence-electron chi connectivity index (χ3n) is 5.36. The van der Waals surface area contributed by atoms with E-state index in [2.05, 4.69) is 14.9 Å². The Morgan fingerprint density at radius 3 is 2.71 bits per heavy atom. The molecule has 5 nitrogen and oxygen atoms in total. The van der Waals surface area contributed by atoms with Crippen LogP contribution in [-0.4, -0.2) is 47.0 Å². The molecule has 1 aromatic rings. The lowest BCUT2D eigenvalue weighted by atomic mass is 9.93. The summed E-state index contributed by atoms with van der Waals surface area (Å²) in [6.07, 6.45) is 8.29. The zero-order valence-corrected chi connectivity index (χ0v) is 15.5. The van der Waals surface area contributed by atoms with E-state index < -0.39 is 0 Å². The molecular formula is C19H30N4O. The van der Waals surface area contributed by atoms with Gasteiger partial charge in [-0.1, -0.05) is 20.8 Å². The van der Waals surface area contributed by atoms with Gasteiger partial charge in [0.1, 0.15) is 12.1 Å². The molecule has 2 aliphatic rings. The van der Waals surface area contributed by atoms with Crippen molar-refractivity contribution < 1.29 is 4.79 Å². The van der Waals surface area contributed by atoms with Gasteiger partial charge < -0.3 is 9.80 Å². The molecule has 132 valence electrons. The third kappa shape index (κ3) is 3.40. The number of hydrogen-bond acceptors (Lipinski definition) is 4. The molecule has 1 amide bonds. The summed E-state index contributed by atoms with van der Waals surface area (Å²) in [6.45, 7) is 7.99. The first-order valence-corrected chi connectivity index (χ1v) is 9.23. The Bertz CT molecular complexity index is 608. The minimum Gasteiger partial charge on any atom is -0.356 e. The van der Waals surface area contributed by atoms with E-state index in [-0.39, 0.29) is 11.3 Å². The van der Waals surface area contributed by atoms with Gasteiger partial charge in [-0.25, -0.2) is 9.97 Å². The van der Waals surface area contributed by atoms with Crippen molar-refractivity contribution in [3.8, 4) is 0 Å². The normalized spacial score (nSPS) is 21.3. The van der Waals surface area contributed by atoms with E-state index in [0.29, 0.717) is 6.04 Å². The lowest BCUT2D eigenvalue weighted by Crippen LogP contribution is -2.43. The molecule has 24 heavy (non-hydrogen) atoms. The van der Waals surface area contributed by atoms with Gasteiger partial charge in [0.15, 0.2) is 0 Å². The molecule has 2 heterocycles. The zero-order chi connectivity index (χ0) is 17.3. The number of anilines is 1. The number of amides is 1. The Hall–Kier alpha value is -1.65. The average Bonchev–Trinajstić information content (AvgIpc) is 2.89. The fraction of sp³-hybridized carbons (Fsp3) is 0.737. The standard InChI is InChI=1S/C19H30N4O/c1-19(2,3)18(24)22(4)14-7-6-11-23(12-10-14)17-15-8-5-9-16(15)20-13-21-17/h13-14H,5-12H2,1-4H3. The third-order valence-corrected chi connectivity index (χ3v) is 5.36. The predicted octanol–water partition coefficient (Wildman–Crippen LogP) is 2.83. The maximum Gasteiger partial charge on any atom is 0.227 e. The molecule has 1 saturated heterocycles. The van der Waals surface area contributed by atoms with Gasteiger partial charge in [-0.05, 0) is 38.5 Å². The molecule has 1 atom stereocenters. The maximum absolute atomic E-state index is 12.6. The van der Waals surface area contributed by atoms with Crippen LogP contribution in [0.5, 0.6) is 0 Å². The minimum atomic E-state index is -0.311. The molecule has 0 saturated carbocycles. The van der Waals surface area contributed by atoms with Gasteiger partial charge >= 0.3 is 0 Å². The summed E-state index contributed by atoms with van der Waals surface area (Å²) in [4.78, 5) is 26.0. The number of nitrogens with zero attached hydrogens (tertiary/aromatic N) is 4. The first-order chi connectivity index (χ1) is 11.4. The van der Waals surface area contributed by atoms with Crippen LogP contribution in [-0.2, 0) is 17.6 Å². The molecule has 0 radical (unpaired) electrons. The topological polar surface area (TPSA) is 49.3 Å². The van der Waals surface area contributed by atoms with Crippen molar-refractivity contribution in [1.82, 2.24) is 14.9 Å². The van der Waals surface area contributed by atoms with Crippen LogP contribution in [0.15, 0.2) is 6.33 Å². The first kappa shape index (κ1) is 17.2. The molecule has 1 aromatic heterocycles. The van der Waals surface area contributed by atoms with Crippen LogP contribution < -0.4 is 4.90 Å². The van der Waals surface area contributed by atoms with Gasteiger partial charge in [-0.15, -0.1) is 0 Å². The van der Waals surface area contributed by atoms with Crippen LogP contribution in [0.3, 0.4) is 0 Å². The van der Waals surface area contributed by atoms with Crippen LogP contribution in [0, 0.1) is 5.41 Å². The SMILES string of the molecule is CN(C(=O)C(C)(C)C)C1CCCN(c2ncnc3c2CCC3)CC1. The predicted molar refractivity (Wildman–Crippen MR) is 96.1 cm³/mol. The molecular weight excluding hydrogens is 300 g/mol. The van der Waals surface area contributed by atoms with Crippen LogP contribution in [0.1, 0.15) is 57.7 Å². The number of aryl methyl sites for hydroxylation is 1. The lowest BCUT2D eigenvalue weighted by Gasteiger charge is -2.32. The second-order valence-corrected chi connectivity index (χ2v) is 8.21. The summed E-state index contributed by atoms with van der Waals surface area (Å²) >= 11 is 0. The number of carbonyl (C=O) groups excluding carboxylic acids is 1. The maximum atomic E-state index is 12.6. The summed E-state index contributed by atoms with van der Waals surface area (Å²) in [5.41, 5.74) is 2.28. The van der Waals surface area contributed by atoms with Crippen molar-refractivity contribution in [3.05, 3.63) is 17.6 Å². The molecule has 0 aromatic carbocycles. The van der Waals surface area contributed by atoms with Crippen LogP contribution >= 0.6 is 0 Å². The molecule has 1 unspecified atom stereocenters. The zero-order valence-electron chi connectivity index (χ0n) is 15.5. The van der Waals surface area contributed by atoms with Crippen molar-refractivity contribution in [3.63, 3.8) is 0 Å². The van der Waals surface area contributed by atoms with E-state index in [1.54, 1.807) is 6.33 Å². The number of aromatic nitrogens is 2. The highest BCUT2D eigenvalue weighted by atomic mass is 16.2. The van der Waals surface area contributed by atoms with Crippen LogP contribution in [0.2, 0.25) is 0 Å². The molecule has 1 fully saturated rings. The van der Waals surface area contributed by atoms with Gasteiger partial charge in [0, 0.05) is 42.9 Å². The summed E-state index contributed by atoms with van der Waals surface area (Å²) in [5.74, 6) is 1.38. The quantitative estimate of drug-likeness (QED) is 0.837. The summed E-state index contributed by atoms with van der Waals surface area (Å²) in [6, 6.07) is 0.330. The van der Waals surface area contributed by atoms with Crippen molar-refractivity contribution >= 4 is 11.7 Å². The van der Waals surface area contributed by atoms with Crippen LogP contribution in [0.4, 0.5) is 5.82 Å². The molecule has 0 N–H and O–H groups in total. The second kappa shape index (κ2) is 6.69. The Kier molecular flexibility index (Phi) is 4.79. The first-order valence-electron chi connectivity index (χ1n) is 9.23. The molecule has 1 aliphatic heterocycles. The minimum absolute atomic E-state index is 0.240. The lowest BCUT2D eigenvalue weighted by molar-refractivity contribution is -0.140. The van der Waals surface area contributed by atoms with E-state index in [1.807, 2.05) is 32.7 Å². The van der Waals surface area contributed by atoms with Crippen LogP contribution in [0.25, 0.3) is 0 Å². The van der Waals surface area contributed by atoms with Gasteiger partial charge in [-0.3, -0.25) is 4.79 Å². The Balaban J connectivity index is 1.70. The summed E-state index contributed by atoms with van der Waals surface area (Å²) in [5, 5.41) is 0. The number of hydrogen-bond donors (Lipinski definition) is 0. The molecule has 3 rings (SSSR count). The number of fused-ring (bicyclic) bond motifs is 1. The Labute approximate surface area is 145 Å². The summed E-state index contributed by atoms with van der Waals surface area (Å²) < 4.78 is 0. The van der Waals surface area contributed by atoms with E-state index in [4.69, 9.17) is 0 Å². The highest BCUT2D eigenvalue weighted by Crippen LogP contribution is 2.30. The monoisotopic (exact) mass is 330 g/mol. The van der Waals surface area contributed by atoms with Gasteiger partial charge in [-0.2, -0.15) is 0 Å². The van der Waals surface area contributed by atoms with E-state index >= 15 is 0 Å². The second-order valence-electron chi connectivity index (χ2n) is 8.21. The fourth-order valence-corrected chi connectivity index (χ4v) is 3.99. The van der Waals surface area contributed by atoms with Gasteiger partial charge in [0.25, 0.3) is 0 Å². The smallest absolute Gasteiger partial charge is 0.227 e. The average molecular weight is 330 g/mol. The highest BCUT2D eigenvalue weighted by molar-refractivity contribution is 5.81. The summed E-state index contributed by atoms with van der Waals surface area (Å²) in [7, 11) is 1.97. The number of rotatable bonds is 2. The fourth-order valence-electron chi connectivity index (χ4n) is 3.99. The molecule has 1 aliphatic carbocycles. The van der Waals surface area contributed by atoms with Crippen molar-refractivity contribution in [2.45, 2.75) is 65.3 Å². The Morgan fingerprint density at radius 1 is 1.17 bits per heavy atom. The van der Waals surface area contributed by atoms with Crippen molar-refractivity contribution in [2.24, 2.45) is 5.41 Å². The van der Waals surface area contributed by atoms with Crippen molar-refractivity contribution in [1.29, 1.82) is 0 Å². The molecule has 5 heteroatoms. The highest BCUT2D eigenvalue weighted by Gasteiger charge is 2.31. The molecule has 0 bridgehead atoms. The van der Waals surface area contributed by atoms with Crippen molar-refractivity contribution in [2.75, 3.05) is 25.0 Å². The van der Waals surface area contributed by atoms with E-state index in [9.17, 15) is 4.79 Å². The largest absolute Gasteiger partial charge is 0.356 e. The van der Waals surface area contributed by atoms with Gasteiger partial charge in [0.2, 0.25) is 5.91 Å². The molecule has 0 spiro atoms.